The lowest BCUT2D eigenvalue weighted by molar-refractivity contribution is -0.122. The van der Waals surface area contributed by atoms with Crippen molar-refractivity contribution in [3.05, 3.63) is 59.5 Å². The molecule has 0 aliphatic carbocycles. The SMILES string of the molecule is Cc1noc(C)c1S(=O)(=O)N[C@@H](C)C(=O)NCc1ccc(Cn2cncn2)cc1. The van der Waals surface area contributed by atoms with Gasteiger partial charge in [0.25, 0.3) is 0 Å². The molecule has 0 aliphatic rings. The van der Waals surface area contributed by atoms with Crippen LogP contribution in [0.25, 0.3) is 0 Å². The highest BCUT2D eigenvalue weighted by Crippen LogP contribution is 2.18. The van der Waals surface area contributed by atoms with Crippen LogP contribution < -0.4 is 10.0 Å². The molecular formula is C18H22N6O4S. The van der Waals surface area contributed by atoms with E-state index < -0.39 is 22.0 Å². The van der Waals surface area contributed by atoms with Crippen LogP contribution in [0.3, 0.4) is 0 Å². The number of hydrogen-bond donors (Lipinski definition) is 2. The maximum Gasteiger partial charge on any atom is 0.246 e. The van der Waals surface area contributed by atoms with Crippen LogP contribution in [0.1, 0.15) is 29.5 Å². The summed E-state index contributed by atoms with van der Waals surface area (Å²) in [6.07, 6.45) is 3.12. The monoisotopic (exact) mass is 418 g/mol. The van der Waals surface area contributed by atoms with E-state index in [-0.39, 0.29) is 22.9 Å². The van der Waals surface area contributed by atoms with E-state index in [1.165, 1.54) is 27.1 Å². The highest BCUT2D eigenvalue weighted by molar-refractivity contribution is 7.89. The van der Waals surface area contributed by atoms with Crippen LogP contribution in [0.15, 0.2) is 46.3 Å². The van der Waals surface area contributed by atoms with Gasteiger partial charge in [-0.25, -0.2) is 18.1 Å². The molecule has 2 aromatic heterocycles. The number of nitrogens with one attached hydrogen (secondary N) is 2. The van der Waals surface area contributed by atoms with Crippen LogP contribution >= 0.6 is 0 Å². The first kappa shape index (κ1) is 20.7. The zero-order valence-corrected chi connectivity index (χ0v) is 17.1. The molecule has 0 spiro atoms. The third kappa shape index (κ3) is 5.06. The van der Waals surface area contributed by atoms with Crippen LogP contribution in [0.4, 0.5) is 0 Å². The highest BCUT2D eigenvalue weighted by atomic mass is 32.2. The van der Waals surface area contributed by atoms with Crippen molar-refractivity contribution >= 4 is 15.9 Å². The molecule has 0 saturated heterocycles. The van der Waals surface area contributed by atoms with Crippen molar-refractivity contribution in [1.82, 2.24) is 30.0 Å². The van der Waals surface area contributed by atoms with Gasteiger partial charge in [0.15, 0.2) is 5.76 Å². The molecular weight excluding hydrogens is 396 g/mol. The van der Waals surface area contributed by atoms with Crippen molar-refractivity contribution < 1.29 is 17.7 Å². The second-order valence-corrected chi connectivity index (χ2v) is 8.27. The summed E-state index contributed by atoms with van der Waals surface area (Å²) >= 11 is 0. The van der Waals surface area contributed by atoms with Gasteiger partial charge >= 0.3 is 0 Å². The molecule has 2 N–H and O–H groups in total. The Hall–Kier alpha value is -3.05. The zero-order chi connectivity index (χ0) is 21.0. The third-order valence-corrected chi connectivity index (χ3v) is 6.05. The van der Waals surface area contributed by atoms with Crippen LogP contribution in [-0.4, -0.2) is 40.3 Å². The van der Waals surface area contributed by atoms with Crippen molar-refractivity contribution in [2.45, 2.75) is 44.8 Å². The van der Waals surface area contributed by atoms with E-state index in [2.05, 4.69) is 25.3 Å². The Labute approximate surface area is 168 Å². The quantitative estimate of drug-likeness (QED) is 0.556. The number of carbonyl (C=O) groups excluding carboxylic acids is 1. The fraction of sp³-hybridized carbons (Fsp3) is 0.333. The van der Waals surface area contributed by atoms with Gasteiger partial charge in [-0.2, -0.15) is 9.82 Å². The molecule has 2 heterocycles. The number of rotatable bonds is 8. The molecule has 0 bridgehead atoms. The Bertz CT molecular complexity index is 1050. The molecule has 11 heteroatoms. The summed E-state index contributed by atoms with van der Waals surface area (Å²) in [5.74, 6) is -0.263. The maximum atomic E-state index is 12.5. The van der Waals surface area contributed by atoms with Crippen LogP contribution in [-0.2, 0) is 27.9 Å². The first-order chi connectivity index (χ1) is 13.8. The predicted molar refractivity (Wildman–Crippen MR) is 103 cm³/mol. The van der Waals surface area contributed by atoms with Gasteiger partial charge in [-0.3, -0.25) is 4.79 Å². The van der Waals surface area contributed by atoms with Gasteiger partial charge in [0.05, 0.1) is 12.6 Å². The van der Waals surface area contributed by atoms with E-state index in [1.54, 1.807) is 11.0 Å². The summed E-state index contributed by atoms with van der Waals surface area (Å²) in [6.45, 7) is 5.40. The third-order valence-electron chi connectivity index (χ3n) is 4.26. The molecule has 1 amide bonds. The first-order valence-electron chi connectivity index (χ1n) is 8.89. The predicted octanol–water partition coefficient (Wildman–Crippen LogP) is 0.914. The molecule has 3 aromatic rings. The van der Waals surface area contributed by atoms with Crippen LogP contribution in [0, 0.1) is 13.8 Å². The average Bonchev–Trinajstić information content (AvgIpc) is 3.30. The lowest BCUT2D eigenvalue weighted by atomic mass is 10.1. The minimum absolute atomic E-state index is 0.0416. The summed E-state index contributed by atoms with van der Waals surface area (Å²) in [7, 11) is -3.92. The first-order valence-corrected chi connectivity index (χ1v) is 10.4. The number of aryl methyl sites for hydroxylation is 2. The number of benzene rings is 1. The Balaban J connectivity index is 1.55. The molecule has 29 heavy (non-hydrogen) atoms. The summed E-state index contributed by atoms with van der Waals surface area (Å²) < 4.78 is 33.9. The molecule has 0 saturated carbocycles. The van der Waals surface area contributed by atoms with E-state index in [4.69, 9.17) is 4.52 Å². The summed E-state index contributed by atoms with van der Waals surface area (Å²) in [6, 6.07) is 6.70. The topological polar surface area (TPSA) is 132 Å². The zero-order valence-electron chi connectivity index (χ0n) is 16.3. The second-order valence-electron chi connectivity index (χ2n) is 6.62. The standard InChI is InChI=1S/C18H22N6O4S/c1-12-17(14(3)28-22-12)29(26,27)23-13(2)18(25)20-8-15-4-6-16(7-5-15)9-24-11-19-10-21-24/h4-7,10-11,13,23H,8-9H2,1-3H3,(H,20,25)/t13-/m0/s1. The van der Waals surface area contributed by atoms with Crippen LogP contribution in [0.2, 0.25) is 0 Å². The Morgan fingerprint density at radius 1 is 1.21 bits per heavy atom. The number of hydrogen-bond acceptors (Lipinski definition) is 7. The largest absolute Gasteiger partial charge is 0.360 e. The second kappa shape index (κ2) is 8.53. The van der Waals surface area contributed by atoms with E-state index in [1.807, 2.05) is 24.3 Å². The number of aromatic nitrogens is 4. The van der Waals surface area contributed by atoms with Crippen molar-refractivity contribution in [3.63, 3.8) is 0 Å². The minimum atomic E-state index is -3.92. The number of nitrogens with zero attached hydrogens (tertiary/aromatic N) is 4. The molecule has 0 unspecified atom stereocenters. The minimum Gasteiger partial charge on any atom is -0.360 e. The van der Waals surface area contributed by atoms with E-state index in [0.717, 1.165) is 11.1 Å². The maximum absolute atomic E-state index is 12.5. The van der Waals surface area contributed by atoms with E-state index in [9.17, 15) is 13.2 Å². The molecule has 0 aliphatic heterocycles. The molecule has 0 fully saturated rings. The number of sulfonamides is 1. The molecule has 0 radical (unpaired) electrons. The van der Waals surface area contributed by atoms with Crippen molar-refractivity contribution in [2.24, 2.45) is 0 Å². The lowest BCUT2D eigenvalue weighted by Gasteiger charge is -2.14. The molecule has 3 rings (SSSR count). The van der Waals surface area contributed by atoms with E-state index >= 15 is 0 Å². The highest BCUT2D eigenvalue weighted by Gasteiger charge is 2.28. The Kier molecular flexibility index (Phi) is 6.09. The molecule has 1 atom stereocenters. The Morgan fingerprint density at radius 2 is 1.90 bits per heavy atom. The lowest BCUT2D eigenvalue weighted by Crippen LogP contribution is -2.44. The molecule has 1 aromatic carbocycles. The normalized spacial score (nSPS) is 12.7. The van der Waals surface area contributed by atoms with E-state index in [0.29, 0.717) is 6.54 Å². The fourth-order valence-electron chi connectivity index (χ4n) is 2.81. The Morgan fingerprint density at radius 3 is 2.48 bits per heavy atom. The fourth-order valence-corrected chi connectivity index (χ4v) is 4.34. The van der Waals surface area contributed by atoms with Gasteiger partial charge in [0, 0.05) is 6.54 Å². The summed E-state index contributed by atoms with van der Waals surface area (Å²) in [5.41, 5.74) is 2.18. The summed E-state index contributed by atoms with van der Waals surface area (Å²) in [5, 5.41) is 10.4. The average molecular weight is 418 g/mol. The van der Waals surface area contributed by atoms with Crippen molar-refractivity contribution in [3.8, 4) is 0 Å². The van der Waals surface area contributed by atoms with Crippen molar-refractivity contribution in [1.29, 1.82) is 0 Å². The molecule has 154 valence electrons. The van der Waals surface area contributed by atoms with Gasteiger partial charge in [0.2, 0.25) is 15.9 Å². The summed E-state index contributed by atoms with van der Waals surface area (Å²) in [4.78, 5) is 16.2. The van der Waals surface area contributed by atoms with Crippen LogP contribution in [0.5, 0.6) is 0 Å². The van der Waals surface area contributed by atoms with Gasteiger partial charge in [0.1, 0.15) is 23.2 Å². The van der Waals surface area contributed by atoms with Crippen molar-refractivity contribution in [2.75, 3.05) is 0 Å². The smallest absolute Gasteiger partial charge is 0.246 e. The van der Waals surface area contributed by atoms with Gasteiger partial charge < -0.3 is 9.84 Å². The van der Waals surface area contributed by atoms with Gasteiger partial charge in [-0.15, -0.1) is 0 Å². The molecule has 10 nitrogen and oxygen atoms in total. The van der Waals surface area contributed by atoms with Gasteiger partial charge in [-0.05, 0) is 31.9 Å². The number of amides is 1. The number of carbonyl (C=O) groups is 1. The van der Waals surface area contributed by atoms with Gasteiger partial charge in [-0.1, -0.05) is 29.4 Å².